The standard InChI is InChI=1S/C28H40N4O2/c33-27-23-26(25-13-5-2-6-14-25)30-19-9-18-29-17-7-8-21-32(22-10-20-31-27)28(34)16-15-24-11-3-1-4-12-24/h1-6,11-14,26,29-30H,7-10,15-23H2,(H,31,33)/t26-/m0/s1. The van der Waals surface area contributed by atoms with E-state index in [9.17, 15) is 9.59 Å². The van der Waals surface area contributed by atoms with Crippen molar-refractivity contribution in [3.63, 3.8) is 0 Å². The zero-order valence-corrected chi connectivity index (χ0v) is 20.3. The molecule has 1 aliphatic heterocycles. The van der Waals surface area contributed by atoms with Crippen LogP contribution in [0.2, 0.25) is 0 Å². The molecule has 0 bridgehead atoms. The first-order chi connectivity index (χ1) is 16.7. The summed E-state index contributed by atoms with van der Waals surface area (Å²) in [4.78, 5) is 27.6. The predicted molar refractivity (Wildman–Crippen MR) is 137 cm³/mol. The molecule has 0 radical (unpaired) electrons. The molecule has 2 amide bonds. The maximum atomic E-state index is 12.9. The van der Waals surface area contributed by atoms with Crippen molar-refractivity contribution >= 4 is 11.8 Å². The van der Waals surface area contributed by atoms with Crippen LogP contribution in [-0.4, -0.2) is 56.0 Å². The first-order valence-corrected chi connectivity index (χ1v) is 12.8. The molecule has 1 fully saturated rings. The molecule has 2 aromatic rings. The number of nitrogens with zero attached hydrogens (tertiary/aromatic N) is 1. The number of aryl methyl sites for hydroxylation is 1. The highest BCUT2D eigenvalue weighted by atomic mass is 16.2. The van der Waals surface area contributed by atoms with Crippen molar-refractivity contribution in [3.05, 3.63) is 71.8 Å². The van der Waals surface area contributed by atoms with Gasteiger partial charge in [-0.2, -0.15) is 0 Å². The third kappa shape index (κ3) is 9.65. The van der Waals surface area contributed by atoms with E-state index in [0.717, 1.165) is 63.8 Å². The first-order valence-electron chi connectivity index (χ1n) is 12.8. The molecule has 0 spiro atoms. The summed E-state index contributed by atoms with van der Waals surface area (Å²) in [6, 6.07) is 20.4. The van der Waals surface area contributed by atoms with Gasteiger partial charge in [0.05, 0.1) is 0 Å². The Morgan fingerprint density at radius 1 is 0.824 bits per heavy atom. The van der Waals surface area contributed by atoms with Crippen LogP contribution in [-0.2, 0) is 16.0 Å². The van der Waals surface area contributed by atoms with Gasteiger partial charge in [0.25, 0.3) is 0 Å². The van der Waals surface area contributed by atoms with Crippen LogP contribution < -0.4 is 16.0 Å². The van der Waals surface area contributed by atoms with Crippen molar-refractivity contribution in [2.24, 2.45) is 0 Å². The van der Waals surface area contributed by atoms with Crippen molar-refractivity contribution in [1.82, 2.24) is 20.9 Å². The van der Waals surface area contributed by atoms with Crippen molar-refractivity contribution in [2.45, 2.75) is 51.0 Å². The number of amides is 2. The van der Waals surface area contributed by atoms with Gasteiger partial charge < -0.3 is 20.9 Å². The number of hydrogen-bond acceptors (Lipinski definition) is 4. The fourth-order valence-corrected chi connectivity index (χ4v) is 4.33. The Morgan fingerprint density at radius 3 is 2.32 bits per heavy atom. The van der Waals surface area contributed by atoms with Crippen molar-refractivity contribution in [1.29, 1.82) is 0 Å². The second-order valence-electron chi connectivity index (χ2n) is 9.00. The van der Waals surface area contributed by atoms with Gasteiger partial charge in [0.2, 0.25) is 11.8 Å². The van der Waals surface area contributed by atoms with Gasteiger partial charge in [0.15, 0.2) is 0 Å². The van der Waals surface area contributed by atoms with Gasteiger partial charge in [-0.05, 0) is 62.9 Å². The third-order valence-corrected chi connectivity index (χ3v) is 6.29. The summed E-state index contributed by atoms with van der Waals surface area (Å²) in [5.74, 6) is 0.250. The van der Waals surface area contributed by atoms with Crippen LogP contribution in [0.5, 0.6) is 0 Å². The number of nitrogens with one attached hydrogen (secondary N) is 3. The van der Waals surface area contributed by atoms with Crippen LogP contribution in [0.1, 0.15) is 55.7 Å². The number of benzene rings is 2. The quantitative estimate of drug-likeness (QED) is 0.648. The Hall–Kier alpha value is -2.70. The summed E-state index contributed by atoms with van der Waals surface area (Å²) < 4.78 is 0. The average molecular weight is 465 g/mol. The number of carbonyl (C=O) groups is 2. The topological polar surface area (TPSA) is 73.5 Å². The van der Waals surface area contributed by atoms with Gasteiger partial charge in [0, 0.05) is 38.5 Å². The lowest BCUT2D eigenvalue weighted by Crippen LogP contribution is -2.36. The lowest BCUT2D eigenvalue weighted by atomic mass is 10.0. The highest BCUT2D eigenvalue weighted by Gasteiger charge is 2.16. The van der Waals surface area contributed by atoms with E-state index in [-0.39, 0.29) is 17.9 Å². The van der Waals surface area contributed by atoms with E-state index in [1.807, 2.05) is 41.3 Å². The molecule has 34 heavy (non-hydrogen) atoms. The summed E-state index contributed by atoms with van der Waals surface area (Å²) >= 11 is 0. The molecular weight excluding hydrogens is 424 g/mol. The van der Waals surface area contributed by atoms with Gasteiger partial charge in [-0.25, -0.2) is 0 Å². The molecule has 6 heteroatoms. The van der Waals surface area contributed by atoms with Crippen LogP contribution in [0.25, 0.3) is 0 Å². The highest BCUT2D eigenvalue weighted by Crippen LogP contribution is 2.16. The molecule has 0 unspecified atom stereocenters. The molecule has 2 aromatic carbocycles. The Labute approximate surface area is 204 Å². The van der Waals surface area contributed by atoms with Crippen LogP contribution >= 0.6 is 0 Å². The monoisotopic (exact) mass is 464 g/mol. The summed E-state index contributed by atoms with van der Waals surface area (Å²) in [5, 5.41) is 10.1. The van der Waals surface area contributed by atoms with Gasteiger partial charge in [0.1, 0.15) is 0 Å². The van der Waals surface area contributed by atoms with Crippen LogP contribution in [0.3, 0.4) is 0 Å². The minimum absolute atomic E-state index is 0.00736. The highest BCUT2D eigenvalue weighted by molar-refractivity contribution is 5.77. The smallest absolute Gasteiger partial charge is 0.222 e. The molecule has 0 aromatic heterocycles. The predicted octanol–water partition coefficient (Wildman–Crippen LogP) is 3.45. The molecule has 1 aliphatic rings. The third-order valence-electron chi connectivity index (χ3n) is 6.29. The maximum Gasteiger partial charge on any atom is 0.222 e. The number of hydrogen-bond donors (Lipinski definition) is 3. The molecule has 3 rings (SSSR count). The SMILES string of the molecule is O=C1C[C@@H](c2ccccc2)NCCCNCCCCN(C(=O)CCc2ccccc2)CCCN1. The Balaban J connectivity index is 1.53. The second kappa shape index (κ2) is 15.3. The molecule has 1 heterocycles. The second-order valence-corrected chi connectivity index (χ2v) is 9.00. The van der Waals surface area contributed by atoms with E-state index in [4.69, 9.17) is 0 Å². The molecule has 1 saturated heterocycles. The van der Waals surface area contributed by atoms with E-state index in [1.165, 1.54) is 5.56 Å². The van der Waals surface area contributed by atoms with E-state index in [0.29, 0.717) is 25.9 Å². The summed E-state index contributed by atoms with van der Waals surface area (Å²) in [7, 11) is 0. The zero-order chi connectivity index (χ0) is 23.8. The van der Waals surface area contributed by atoms with E-state index >= 15 is 0 Å². The molecule has 1 atom stereocenters. The molecular formula is C28H40N4O2. The molecule has 6 nitrogen and oxygen atoms in total. The van der Waals surface area contributed by atoms with E-state index < -0.39 is 0 Å². The lowest BCUT2D eigenvalue weighted by molar-refractivity contribution is -0.131. The van der Waals surface area contributed by atoms with Gasteiger partial charge >= 0.3 is 0 Å². The van der Waals surface area contributed by atoms with Gasteiger partial charge in [-0.3, -0.25) is 9.59 Å². The molecule has 0 saturated carbocycles. The minimum atomic E-state index is 0.00736. The van der Waals surface area contributed by atoms with Gasteiger partial charge in [-0.15, -0.1) is 0 Å². The average Bonchev–Trinajstić information content (AvgIpc) is 2.87. The molecule has 3 N–H and O–H groups in total. The Morgan fingerprint density at radius 2 is 1.53 bits per heavy atom. The van der Waals surface area contributed by atoms with Crippen LogP contribution in [0, 0.1) is 0 Å². The summed E-state index contributed by atoms with van der Waals surface area (Å²) in [5.41, 5.74) is 2.33. The normalized spacial score (nSPS) is 19.7. The van der Waals surface area contributed by atoms with Crippen molar-refractivity contribution < 1.29 is 9.59 Å². The van der Waals surface area contributed by atoms with Crippen molar-refractivity contribution in [3.8, 4) is 0 Å². The maximum absolute atomic E-state index is 12.9. The minimum Gasteiger partial charge on any atom is -0.356 e. The first kappa shape index (κ1) is 25.9. The fraction of sp³-hybridized carbons (Fsp3) is 0.500. The van der Waals surface area contributed by atoms with Crippen LogP contribution in [0.15, 0.2) is 60.7 Å². The van der Waals surface area contributed by atoms with E-state index in [1.54, 1.807) is 0 Å². The largest absolute Gasteiger partial charge is 0.356 e. The Bertz CT molecular complexity index is 844. The molecule has 184 valence electrons. The number of carbonyl (C=O) groups excluding carboxylic acids is 2. The molecule has 0 aliphatic carbocycles. The fourth-order valence-electron chi connectivity index (χ4n) is 4.33. The zero-order valence-electron chi connectivity index (χ0n) is 20.3. The van der Waals surface area contributed by atoms with E-state index in [2.05, 4.69) is 40.2 Å². The van der Waals surface area contributed by atoms with Gasteiger partial charge in [-0.1, -0.05) is 60.7 Å². The Kier molecular flexibility index (Phi) is 11.6. The lowest BCUT2D eigenvalue weighted by Gasteiger charge is -2.23. The summed E-state index contributed by atoms with van der Waals surface area (Å²) in [6.45, 7) is 4.82. The summed E-state index contributed by atoms with van der Waals surface area (Å²) in [6.07, 6.45) is 5.53. The number of rotatable bonds is 4. The van der Waals surface area contributed by atoms with Crippen LogP contribution in [0.4, 0.5) is 0 Å². The van der Waals surface area contributed by atoms with Crippen molar-refractivity contribution in [2.75, 3.05) is 39.3 Å².